The van der Waals surface area contributed by atoms with Crippen LogP contribution in [-0.4, -0.2) is 30.3 Å². The molecule has 1 N–H and O–H groups in total. The number of rotatable bonds is 5. The predicted molar refractivity (Wildman–Crippen MR) is 152 cm³/mol. The lowest BCUT2D eigenvalue weighted by molar-refractivity contribution is -0.142. The molecular weight excluding hydrogens is 600 g/mol. The number of hydrogen-bond acceptors (Lipinski definition) is 4. The molecule has 3 heterocycles. The van der Waals surface area contributed by atoms with Crippen LogP contribution in [0.1, 0.15) is 21.7 Å². The third kappa shape index (κ3) is 5.46. The van der Waals surface area contributed by atoms with Crippen LogP contribution in [0.15, 0.2) is 79.0 Å². The molecule has 6 rings (SSSR count). The number of aromatic nitrogens is 5. The zero-order valence-corrected chi connectivity index (χ0v) is 22.9. The fraction of sp³-hybridized carbons (Fsp3) is 0.0714. The molecule has 3 aromatic heterocycles. The molecule has 41 heavy (non-hydrogen) atoms. The Morgan fingerprint density at radius 1 is 0.854 bits per heavy atom. The maximum absolute atomic E-state index is 14.1. The number of nitrogens with zero attached hydrogens (tertiary/aromatic N) is 5. The van der Waals surface area contributed by atoms with Crippen molar-refractivity contribution in [3.8, 4) is 11.3 Å². The molecule has 6 aromatic rings. The molecule has 0 aliphatic rings. The molecule has 0 aliphatic heterocycles. The molecular formula is C28H16Cl3F3N6O. The summed E-state index contributed by atoms with van der Waals surface area (Å²) in [5.41, 5.74) is -0.161. The molecule has 0 bridgehead atoms. The molecule has 0 aliphatic carbocycles. The van der Waals surface area contributed by atoms with E-state index in [0.29, 0.717) is 20.1 Å². The molecule has 0 radical (unpaired) electrons. The zero-order valence-electron chi connectivity index (χ0n) is 20.6. The van der Waals surface area contributed by atoms with Crippen molar-refractivity contribution < 1.29 is 18.0 Å². The Labute approximate surface area is 245 Å². The molecule has 0 saturated carbocycles. The molecule has 0 atom stereocenters. The lowest BCUT2D eigenvalue weighted by atomic mass is 10.0. The highest BCUT2D eigenvalue weighted by molar-refractivity contribution is 6.42. The minimum atomic E-state index is -4.76. The van der Waals surface area contributed by atoms with Crippen LogP contribution in [0.2, 0.25) is 15.1 Å². The average Bonchev–Trinajstić information content (AvgIpc) is 3.52. The highest BCUT2D eigenvalue weighted by atomic mass is 35.5. The van der Waals surface area contributed by atoms with Crippen molar-refractivity contribution in [1.82, 2.24) is 24.4 Å². The van der Waals surface area contributed by atoms with Crippen LogP contribution in [0.25, 0.3) is 27.7 Å². The van der Waals surface area contributed by atoms with Gasteiger partial charge in [-0.25, -0.2) is 9.50 Å². The van der Waals surface area contributed by atoms with E-state index in [1.54, 1.807) is 30.3 Å². The minimum absolute atomic E-state index is 0.00893. The van der Waals surface area contributed by atoms with E-state index in [2.05, 4.69) is 20.5 Å². The maximum atomic E-state index is 14.1. The summed E-state index contributed by atoms with van der Waals surface area (Å²) in [5.74, 6) is -0.799. The first-order valence-corrected chi connectivity index (χ1v) is 13.1. The number of benzene rings is 3. The highest BCUT2D eigenvalue weighted by Gasteiger charge is 2.35. The Hall–Kier alpha value is -4.12. The largest absolute Gasteiger partial charge is 0.433 e. The molecule has 206 valence electrons. The lowest BCUT2D eigenvalue weighted by Crippen LogP contribution is -2.16. The second-order valence-electron chi connectivity index (χ2n) is 9.11. The van der Waals surface area contributed by atoms with Crippen LogP contribution in [0, 0.1) is 0 Å². The molecule has 0 unspecified atom stereocenters. The Balaban J connectivity index is 1.31. The van der Waals surface area contributed by atoms with Crippen LogP contribution < -0.4 is 5.32 Å². The van der Waals surface area contributed by atoms with Crippen LogP contribution >= 0.6 is 34.8 Å². The van der Waals surface area contributed by atoms with E-state index in [1.165, 1.54) is 16.9 Å². The van der Waals surface area contributed by atoms with Gasteiger partial charge in [0.15, 0.2) is 22.9 Å². The van der Waals surface area contributed by atoms with Gasteiger partial charge in [0.1, 0.15) is 5.02 Å². The van der Waals surface area contributed by atoms with Gasteiger partial charge in [-0.05, 0) is 40.6 Å². The highest BCUT2D eigenvalue weighted by Crippen LogP contribution is 2.33. The van der Waals surface area contributed by atoms with E-state index in [0.717, 1.165) is 22.4 Å². The van der Waals surface area contributed by atoms with Gasteiger partial charge in [-0.2, -0.15) is 23.4 Å². The van der Waals surface area contributed by atoms with Crippen LogP contribution in [0.3, 0.4) is 0 Å². The van der Waals surface area contributed by atoms with Crippen LogP contribution in [0.4, 0.5) is 19.0 Å². The van der Waals surface area contributed by atoms with Gasteiger partial charge in [0.05, 0.1) is 22.3 Å². The zero-order chi connectivity index (χ0) is 28.9. The monoisotopic (exact) mass is 614 g/mol. The van der Waals surface area contributed by atoms with Gasteiger partial charge >= 0.3 is 6.18 Å². The standard InChI is InChI=1S/C28H16Cl3F3N6O/c29-19-8-5-15(9-20(19)30)13-39-14-21(31)26(38-39)36-27(41)23-12-25-35-22(11-24(28(32,33)34)40(25)37-23)18-7-6-16-3-1-2-4-17(16)10-18/h1-12,14H,13H2,(H,36,38,41). The van der Waals surface area contributed by atoms with Gasteiger partial charge in [-0.15, -0.1) is 0 Å². The van der Waals surface area contributed by atoms with Crippen molar-refractivity contribution in [1.29, 1.82) is 0 Å². The average molecular weight is 616 g/mol. The summed E-state index contributed by atoms with van der Waals surface area (Å²) < 4.78 is 44.3. The first kappa shape index (κ1) is 27.1. The molecule has 13 heteroatoms. The van der Waals surface area contributed by atoms with E-state index in [9.17, 15) is 18.0 Å². The fourth-order valence-electron chi connectivity index (χ4n) is 4.34. The van der Waals surface area contributed by atoms with Gasteiger partial charge in [0, 0.05) is 17.8 Å². The van der Waals surface area contributed by atoms with Crippen molar-refractivity contribution in [3.05, 3.63) is 111 Å². The van der Waals surface area contributed by atoms with Gasteiger partial charge in [0.2, 0.25) is 0 Å². The molecule has 7 nitrogen and oxygen atoms in total. The van der Waals surface area contributed by atoms with E-state index in [4.69, 9.17) is 34.8 Å². The fourth-order valence-corrected chi connectivity index (χ4v) is 4.86. The summed E-state index contributed by atoms with van der Waals surface area (Å²) in [6.07, 6.45) is -3.28. The Morgan fingerprint density at radius 2 is 1.63 bits per heavy atom. The number of hydrogen-bond donors (Lipinski definition) is 1. The summed E-state index contributed by atoms with van der Waals surface area (Å²) in [4.78, 5) is 17.4. The van der Waals surface area contributed by atoms with Crippen LogP contribution in [0.5, 0.6) is 0 Å². The maximum Gasteiger partial charge on any atom is 0.433 e. The van der Waals surface area contributed by atoms with Gasteiger partial charge in [0.25, 0.3) is 5.91 Å². The quantitative estimate of drug-likeness (QED) is 0.213. The number of halogens is 6. The van der Waals surface area contributed by atoms with Gasteiger partial charge in [-0.1, -0.05) is 77.3 Å². The number of amides is 1. The third-order valence-corrected chi connectivity index (χ3v) is 7.29. The summed E-state index contributed by atoms with van der Waals surface area (Å²) >= 11 is 18.3. The topological polar surface area (TPSA) is 77.1 Å². The second kappa shape index (κ2) is 10.4. The van der Waals surface area contributed by atoms with Crippen LogP contribution in [-0.2, 0) is 12.7 Å². The second-order valence-corrected chi connectivity index (χ2v) is 10.3. The number of anilines is 1. The number of carbonyl (C=O) groups excluding carboxylic acids is 1. The Bertz CT molecular complexity index is 1970. The summed E-state index contributed by atoms with van der Waals surface area (Å²) in [6, 6.07) is 19.9. The van der Waals surface area contributed by atoms with E-state index < -0.39 is 17.8 Å². The first-order valence-electron chi connectivity index (χ1n) is 12.0. The number of carbonyl (C=O) groups is 1. The summed E-state index contributed by atoms with van der Waals surface area (Å²) in [5, 5.41) is 13.4. The van der Waals surface area contributed by atoms with Crippen molar-refractivity contribution in [2.45, 2.75) is 12.7 Å². The summed E-state index contributed by atoms with van der Waals surface area (Å²) in [7, 11) is 0. The predicted octanol–water partition coefficient (Wildman–Crippen LogP) is 8.03. The molecule has 3 aromatic carbocycles. The van der Waals surface area contributed by atoms with Crippen molar-refractivity contribution in [3.63, 3.8) is 0 Å². The van der Waals surface area contributed by atoms with Gasteiger partial charge < -0.3 is 5.32 Å². The molecule has 0 spiro atoms. The SMILES string of the molecule is O=C(Nc1nn(Cc2ccc(Cl)c(Cl)c2)cc1Cl)c1cc2nc(-c3ccc4ccccc4c3)cc(C(F)(F)F)n2n1. The molecule has 0 saturated heterocycles. The Kier molecular flexibility index (Phi) is 6.85. The van der Waals surface area contributed by atoms with Crippen molar-refractivity contribution >= 4 is 62.9 Å². The normalized spacial score (nSPS) is 11.9. The third-order valence-electron chi connectivity index (χ3n) is 6.27. The lowest BCUT2D eigenvalue weighted by Gasteiger charge is -2.11. The number of nitrogens with one attached hydrogen (secondary N) is 1. The molecule has 1 amide bonds. The summed E-state index contributed by atoms with van der Waals surface area (Å²) in [6.45, 7) is 0.275. The first-order chi connectivity index (χ1) is 19.5. The molecule has 0 fully saturated rings. The smallest absolute Gasteiger partial charge is 0.302 e. The Morgan fingerprint density at radius 3 is 2.39 bits per heavy atom. The number of fused-ring (bicyclic) bond motifs is 2. The van der Waals surface area contributed by atoms with E-state index in [1.807, 2.05) is 30.3 Å². The van der Waals surface area contributed by atoms with E-state index in [-0.39, 0.29) is 34.4 Å². The van der Waals surface area contributed by atoms with Crippen molar-refractivity contribution in [2.24, 2.45) is 0 Å². The van der Waals surface area contributed by atoms with Gasteiger partial charge in [-0.3, -0.25) is 9.48 Å². The number of alkyl halides is 3. The van der Waals surface area contributed by atoms with Crippen molar-refractivity contribution in [2.75, 3.05) is 5.32 Å². The van der Waals surface area contributed by atoms with E-state index >= 15 is 0 Å². The minimum Gasteiger partial charge on any atom is -0.302 e.